The molecule has 1 rings (SSSR count). The summed E-state index contributed by atoms with van der Waals surface area (Å²) >= 11 is 0. The lowest BCUT2D eigenvalue weighted by molar-refractivity contribution is 0.301. The molecular weight excluding hydrogens is 156 g/mol. The molecule has 66 valence electrons. The van der Waals surface area contributed by atoms with Crippen molar-refractivity contribution in [1.82, 2.24) is 15.0 Å². The van der Waals surface area contributed by atoms with Crippen LogP contribution in [0.3, 0.4) is 0 Å². The summed E-state index contributed by atoms with van der Waals surface area (Å²) in [7, 11) is 0. The number of hydrogen-bond acceptors (Lipinski definition) is 5. The molecule has 0 fully saturated rings. The fourth-order valence-corrected chi connectivity index (χ4v) is 0.917. The highest BCUT2D eigenvalue weighted by Gasteiger charge is 2.04. The van der Waals surface area contributed by atoms with Crippen molar-refractivity contribution < 1.29 is 5.11 Å². The van der Waals surface area contributed by atoms with Crippen LogP contribution in [0, 0.1) is 0 Å². The summed E-state index contributed by atoms with van der Waals surface area (Å²) in [4.78, 5) is 13.5. The van der Waals surface area contributed by atoms with Gasteiger partial charge in [0, 0.05) is 13.1 Å². The van der Waals surface area contributed by atoms with Crippen LogP contribution in [-0.2, 0) is 0 Å². The summed E-state index contributed by atoms with van der Waals surface area (Å²) in [5, 5.41) is 8.72. The lowest BCUT2D eigenvalue weighted by Crippen LogP contribution is -2.27. The van der Waals surface area contributed by atoms with Crippen LogP contribution in [0.25, 0.3) is 0 Å². The Morgan fingerprint density at radius 3 is 2.58 bits per heavy atom. The van der Waals surface area contributed by atoms with Gasteiger partial charge in [-0.2, -0.15) is 0 Å². The first kappa shape index (κ1) is 8.86. The zero-order chi connectivity index (χ0) is 8.81. The molecule has 0 aliphatic carbocycles. The minimum Gasteiger partial charge on any atom is -0.395 e. The van der Waals surface area contributed by atoms with Gasteiger partial charge in [0.2, 0.25) is 5.95 Å². The van der Waals surface area contributed by atoms with Gasteiger partial charge in [-0.05, 0) is 6.92 Å². The number of anilines is 1. The van der Waals surface area contributed by atoms with E-state index in [0.717, 1.165) is 6.54 Å². The number of likely N-dealkylation sites (N-methyl/N-ethyl adjacent to an activating group) is 1. The molecule has 1 aromatic heterocycles. The maximum Gasteiger partial charge on any atom is 0.228 e. The number of aromatic nitrogens is 3. The van der Waals surface area contributed by atoms with Gasteiger partial charge in [-0.3, -0.25) is 0 Å². The minimum atomic E-state index is 0.111. The molecule has 0 radical (unpaired) electrons. The van der Waals surface area contributed by atoms with Crippen LogP contribution < -0.4 is 4.90 Å². The molecule has 5 heteroatoms. The Morgan fingerprint density at radius 1 is 1.42 bits per heavy atom. The Balaban J connectivity index is 2.66. The highest BCUT2D eigenvalue weighted by molar-refractivity contribution is 5.26. The maximum absolute atomic E-state index is 8.72. The molecule has 5 nitrogen and oxygen atoms in total. The minimum absolute atomic E-state index is 0.111. The Labute approximate surface area is 71.1 Å². The number of aliphatic hydroxyl groups excluding tert-OH is 1. The maximum atomic E-state index is 8.72. The predicted molar refractivity (Wildman–Crippen MR) is 44.8 cm³/mol. The van der Waals surface area contributed by atoms with E-state index >= 15 is 0 Å². The van der Waals surface area contributed by atoms with Gasteiger partial charge in [0.05, 0.1) is 6.61 Å². The van der Waals surface area contributed by atoms with Gasteiger partial charge in [-0.1, -0.05) is 0 Å². The zero-order valence-electron chi connectivity index (χ0n) is 7.01. The highest BCUT2D eigenvalue weighted by Crippen LogP contribution is 2.01. The van der Waals surface area contributed by atoms with Gasteiger partial charge in [0.15, 0.2) is 0 Å². The molecule has 0 saturated carbocycles. The van der Waals surface area contributed by atoms with Crippen molar-refractivity contribution in [2.45, 2.75) is 6.92 Å². The van der Waals surface area contributed by atoms with Crippen LogP contribution in [0.15, 0.2) is 12.7 Å². The summed E-state index contributed by atoms with van der Waals surface area (Å²) in [5.74, 6) is 0.613. The lowest BCUT2D eigenvalue weighted by Gasteiger charge is -2.18. The largest absolute Gasteiger partial charge is 0.395 e. The Bertz CT molecular complexity index is 216. The van der Waals surface area contributed by atoms with E-state index in [2.05, 4.69) is 15.0 Å². The monoisotopic (exact) mass is 168 g/mol. The van der Waals surface area contributed by atoms with Crippen molar-refractivity contribution in [3.63, 3.8) is 0 Å². The van der Waals surface area contributed by atoms with Gasteiger partial charge in [0.25, 0.3) is 0 Å². The van der Waals surface area contributed by atoms with E-state index in [4.69, 9.17) is 5.11 Å². The first-order valence-corrected chi connectivity index (χ1v) is 3.86. The second kappa shape index (κ2) is 4.61. The second-order valence-corrected chi connectivity index (χ2v) is 2.24. The van der Waals surface area contributed by atoms with Crippen LogP contribution >= 0.6 is 0 Å². The van der Waals surface area contributed by atoms with E-state index in [1.54, 1.807) is 0 Å². The first-order chi connectivity index (χ1) is 5.88. The molecule has 12 heavy (non-hydrogen) atoms. The van der Waals surface area contributed by atoms with E-state index < -0.39 is 0 Å². The number of rotatable bonds is 4. The third-order valence-electron chi connectivity index (χ3n) is 1.51. The van der Waals surface area contributed by atoms with E-state index in [-0.39, 0.29) is 6.61 Å². The average Bonchev–Trinajstić information content (AvgIpc) is 2.15. The SMILES string of the molecule is CCN(CCO)c1ncncn1. The molecule has 1 aromatic rings. The molecule has 0 spiro atoms. The standard InChI is InChI=1S/C7H12N4O/c1-2-11(3-4-12)7-9-5-8-6-10-7/h5-6,12H,2-4H2,1H3. The fourth-order valence-electron chi connectivity index (χ4n) is 0.917. The molecule has 0 amide bonds. The summed E-state index contributed by atoms with van der Waals surface area (Å²) in [6.07, 6.45) is 2.89. The Hall–Kier alpha value is -1.23. The Kier molecular flexibility index (Phi) is 3.40. The Morgan fingerprint density at radius 2 is 2.08 bits per heavy atom. The van der Waals surface area contributed by atoms with Gasteiger partial charge >= 0.3 is 0 Å². The molecule has 0 aromatic carbocycles. The van der Waals surface area contributed by atoms with Crippen molar-refractivity contribution >= 4 is 5.95 Å². The van der Waals surface area contributed by atoms with E-state index in [0.29, 0.717) is 12.5 Å². The molecule has 0 bridgehead atoms. The molecule has 0 aliphatic heterocycles. The van der Waals surface area contributed by atoms with Gasteiger partial charge in [-0.25, -0.2) is 15.0 Å². The summed E-state index contributed by atoms with van der Waals surface area (Å²) in [6, 6.07) is 0. The number of nitrogens with zero attached hydrogens (tertiary/aromatic N) is 4. The third kappa shape index (κ3) is 2.13. The predicted octanol–water partition coefficient (Wildman–Crippen LogP) is -0.310. The first-order valence-electron chi connectivity index (χ1n) is 3.86. The van der Waals surface area contributed by atoms with Crippen molar-refractivity contribution in [1.29, 1.82) is 0 Å². The third-order valence-corrected chi connectivity index (χ3v) is 1.51. The van der Waals surface area contributed by atoms with Crippen LogP contribution in [0.1, 0.15) is 6.92 Å². The van der Waals surface area contributed by atoms with Crippen molar-refractivity contribution in [2.24, 2.45) is 0 Å². The molecule has 1 N–H and O–H groups in total. The van der Waals surface area contributed by atoms with E-state index in [9.17, 15) is 0 Å². The van der Waals surface area contributed by atoms with Gasteiger partial charge < -0.3 is 10.0 Å². The van der Waals surface area contributed by atoms with Crippen molar-refractivity contribution in [3.8, 4) is 0 Å². The molecule has 1 heterocycles. The van der Waals surface area contributed by atoms with Crippen LogP contribution in [0.2, 0.25) is 0 Å². The molecular formula is C7H12N4O. The molecule has 0 unspecified atom stereocenters. The van der Waals surface area contributed by atoms with E-state index in [1.807, 2.05) is 11.8 Å². The second-order valence-electron chi connectivity index (χ2n) is 2.24. The van der Waals surface area contributed by atoms with E-state index in [1.165, 1.54) is 12.7 Å². The summed E-state index contributed by atoms with van der Waals surface area (Å²) in [5.41, 5.74) is 0. The number of aliphatic hydroxyl groups is 1. The van der Waals surface area contributed by atoms with Gasteiger partial charge in [0.1, 0.15) is 12.7 Å². The topological polar surface area (TPSA) is 62.1 Å². The van der Waals surface area contributed by atoms with Crippen LogP contribution in [0.5, 0.6) is 0 Å². The van der Waals surface area contributed by atoms with Crippen molar-refractivity contribution in [3.05, 3.63) is 12.7 Å². The summed E-state index contributed by atoms with van der Waals surface area (Å²) in [6.45, 7) is 3.43. The van der Waals surface area contributed by atoms with Crippen molar-refractivity contribution in [2.75, 3.05) is 24.6 Å². The average molecular weight is 168 g/mol. The van der Waals surface area contributed by atoms with Crippen LogP contribution in [0.4, 0.5) is 5.95 Å². The zero-order valence-corrected chi connectivity index (χ0v) is 7.01. The number of hydrogen-bond donors (Lipinski definition) is 1. The van der Waals surface area contributed by atoms with Gasteiger partial charge in [-0.15, -0.1) is 0 Å². The van der Waals surface area contributed by atoms with Crippen LogP contribution in [-0.4, -0.2) is 39.8 Å². The normalized spacial score (nSPS) is 9.83. The molecule has 0 atom stereocenters. The molecule has 0 aliphatic rings. The quantitative estimate of drug-likeness (QED) is 0.668. The molecule has 0 saturated heterocycles. The lowest BCUT2D eigenvalue weighted by atomic mass is 10.5. The smallest absolute Gasteiger partial charge is 0.228 e. The highest BCUT2D eigenvalue weighted by atomic mass is 16.3. The fraction of sp³-hybridized carbons (Fsp3) is 0.571. The summed E-state index contributed by atoms with van der Waals surface area (Å²) < 4.78 is 0.